The number of esters is 1. The van der Waals surface area contributed by atoms with E-state index >= 15 is 0 Å². The molecule has 0 aliphatic carbocycles. The van der Waals surface area contributed by atoms with Gasteiger partial charge >= 0.3 is 5.97 Å². The standard InChI is InChI=1S/C22H18FN3O4/c1-2-29-20-12-15(13-25-26-21(27)17-4-3-11-24-14-17)5-10-19(20)30-22(28)16-6-8-18(23)9-7-16/h3-14H,2H2,1H3,(H,26,27)/b25-13-. The molecule has 0 aliphatic rings. The van der Waals surface area contributed by atoms with Crippen LogP contribution in [0.2, 0.25) is 0 Å². The molecule has 7 nitrogen and oxygen atoms in total. The minimum atomic E-state index is -0.638. The first kappa shape index (κ1) is 20.7. The molecule has 1 aromatic heterocycles. The normalized spacial score (nSPS) is 10.6. The van der Waals surface area contributed by atoms with E-state index in [4.69, 9.17) is 9.47 Å². The first-order valence-electron chi connectivity index (χ1n) is 9.05. The van der Waals surface area contributed by atoms with Gasteiger partial charge in [0.15, 0.2) is 11.5 Å². The van der Waals surface area contributed by atoms with Crippen LogP contribution in [0.15, 0.2) is 72.1 Å². The molecular weight excluding hydrogens is 389 g/mol. The number of amides is 1. The molecule has 0 radical (unpaired) electrons. The van der Waals surface area contributed by atoms with Crippen LogP contribution in [0.4, 0.5) is 4.39 Å². The van der Waals surface area contributed by atoms with E-state index in [-0.39, 0.29) is 11.3 Å². The number of carbonyl (C=O) groups excluding carboxylic acids is 2. The number of nitrogens with one attached hydrogen (secondary N) is 1. The van der Waals surface area contributed by atoms with E-state index in [0.29, 0.717) is 23.5 Å². The van der Waals surface area contributed by atoms with Gasteiger partial charge < -0.3 is 9.47 Å². The molecule has 0 bridgehead atoms. The number of ether oxygens (including phenoxy) is 2. The number of aromatic nitrogens is 1. The monoisotopic (exact) mass is 407 g/mol. The van der Waals surface area contributed by atoms with Crippen molar-refractivity contribution in [3.63, 3.8) is 0 Å². The number of rotatable bonds is 7. The lowest BCUT2D eigenvalue weighted by Gasteiger charge is -2.11. The van der Waals surface area contributed by atoms with E-state index < -0.39 is 17.7 Å². The third-order valence-electron chi connectivity index (χ3n) is 3.85. The first-order chi connectivity index (χ1) is 14.6. The molecule has 0 saturated carbocycles. The van der Waals surface area contributed by atoms with Crippen LogP contribution in [-0.2, 0) is 0 Å². The van der Waals surface area contributed by atoms with Crippen LogP contribution in [0.3, 0.4) is 0 Å². The highest BCUT2D eigenvalue weighted by Gasteiger charge is 2.13. The van der Waals surface area contributed by atoms with Gasteiger partial charge in [-0.2, -0.15) is 5.10 Å². The lowest BCUT2D eigenvalue weighted by atomic mass is 10.2. The smallest absolute Gasteiger partial charge is 0.343 e. The number of hydrazone groups is 1. The molecule has 30 heavy (non-hydrogen) atoms. The number of carbonyl (C=O) groups is 2. The summed E-state index contributed by atoms with van der Waals surface area (Å²) in [6, 6.07) is 13.1. The Morgan fingerprint density at radius 2 is 1.90 bits per heavy atom. The molecule has 8 heteroatoms. The summed E-state index contributed by atoms with van der Waals surface area (Å²) in [5.41, 5.74) is 3.62. The molecule has 0 unspecified atom stereocenters. The summed E-state index contributed by atoms with van der Waals surface area (Å²) in [5, 5.41) is 3.91. The van der Waals surface area contributed by atoms with Gasteiger partial charge in [-0.1, -0.05) is 0 Å². The topological polar surface area (TPSA) is 89.9 Å². The Labute approximate surface area is 172 Å². The van der Waals surface area contributed by atoms with E-state index in [0.717, 1.165) is 0 Å². The van der Waals surface area contributed by atoms with Gasteiger partial charge in [0.05, 0.1) is 23.9 Å². The zero-order valence-corrected chi connectivity index (χ0v) is 16.0. The van der Waals surface area contributed by atoms with Crippen LogP contribution >= 0.6 is 0 Å². The Kier molecular flexibility index (Phi) is 6.83. The molecule has 1 amide bonds. The zero-order chi connectivity index (χ0) is 21.3. The van der Waals surface area contributed by atoms with Crippen LogP contribution in [-0.4, -0.2) is 29.7 Å². The molecule has 0 spiro atoms. The summed E-state index contributed by atoms with van der Waals surface area (Å²) in [7, 11) is 0. The van der Waals surface area contributed by atoms with Gasteiger partial charge in [-0.05, 0) is 67.1 Å². The average molecular weight is 407 g/mol. The van der Waals surface area contributed by atoms with Crippen molar-refractivity contribution in [2.75, 3.05) is 6.61 Å². The maximum Gasteiger partial charge on any atom is 0.343 e. The second-order valence-corrected chi connectivity index (χ2v) is 5.98. The van der Waals surface area contributed by atoms with Gasteiger partial charge in [0.25, 0.3) is 5.91 Å². The van der Waals surface area contributed by atoms with Gasteiger partial charge in [-0.15, -0.1) is 0 Å². The summed E-state index contributed by atoms with van der Waals surface area (Å²) in [5.74, 6) is -0.936. The van der Waals surface area contributed by atoms with Gasteiger partial charge in [-0.25, -0.2) is 14.6 Å². The summed E-state index contributed by atoms with van der Waals surface area (Å²) >= 11 is 0. The number of benzene rings is 2. The molecule has 0 atom stereocenters. The van der Waals surface area contributed by atoms with Crippen LogP contribution in [0.25, 0.3) is 0 Å². The molecule has 2 aromatic carbocycles. The van der Waals surface area contributed by atoms with Gasteiger partial charge in [0.1, 0.15) is 5.82 Å². The molecular formula is C22H18FN3O4. The van der Waals surface area contributed by atoms with Crippen molar-refractivity contribution >= 4 is 18.1 Å². The first-order valence-corrected chi connectivity index (χ1v) is 9.05. The highest BCUT2D eigenvalue weighted by molar-refractivity contribution is 5.94. The zero-order valence-electron chi connectivity index (χ0n) is 16.0. The summed E-state index contributed by atoms with van der Waals surface area (Å²) in [6.07, 6.45) is 4.43. The third-order valence-corrected chi connectivity index (χ3v) is 3.85. The number of pyridine rings is 1. The minimum Gasteiger partial charge on any atom is -0.490 e. The van der Waals surface area contributed by atoms with Crippen molar-refractivity contribution in [1.82, 2.24) is 10.4 Å². The Hall–Kier alpha value is -4.07. The third kappa shape index (κ3) is 5.48. The second kappa shape index (κ2) is 9.92. The van der Waals surface area contributed by atoms with Gasteiger partial charge in [-0.3, -0.25) is 9.78 Å². The maximum atomic E-state index is 13.0. The molecule has 152 valence electrons. The van der Waals surface area contributed by atoms with Crippen LogP contribution in [0, 0.1) is 5.82 Å². The van der Waals surface area contributed by atoms with Crippen molar-refractivity contribution < 1.29 is 23.5 Å². The fourth-order valence-corrected chi connectivity index (χ4v) is 2.43. The molecule has 0 saturated heterocycles. The predicted octanol–water partition coefficient (Wildman–Crippen LogP) is 3.60. The lowest BCUT2D eigenvalue weighted by molar-refractivity contribution is 0.0728. The maximum absolute atomic E-state index is 13.0. The van der Waals surface area contributed by atoms with Crippen molar-refractivity contribution in [3.8, 4) is 11.5 Å². The Morgan fingerprint density at radius 3 is 2.60 bits per heavy atom. The second-order valence-electron chi connectivity index (χ2n) is 5.98. The van der Waals surface area contributed by atoms with Crippen molar-refractivity contribution in [1.29, 1.82) is 0 Å². The van der Waals surface area contributed by atoms with Crippen molar-refractivity contribution in [2.45, 2.75) is 6.92 Å². The van der Waals surface area contributed by atoms with E-state index in [9.17, 15) is 14.0 Å². The van der Waals surface area contributed by atoms with Crippen molar-refractivity contribution in [3.05, 3.63) is 89.5 Å². The number of nitrogens with zero attached hydrogens (tertiary/aromatic N) is 2. The number of halogens is 1. The number of hydrogen-bond acceptors (Lipinski definition) is 6. The predicted molar refractivity (Wildman–Crippen MR) is 108 cm³/mol. The van der Waals surface area contributed by atoms with Gasteiger partial charge in [0, 0.05) is 12.4 Å². The van der Waals surface area contributed by atoms with Crippen molar-refractivity contribution in [2.24, 2.45) is 5.10 Å². The summed E-state index contributed by atoms with van der Waals surface area (Å²) in [4.78, 5) is 28.1. The SMILES string of the molecule is CCOc1cc(/C=N\NC(=O)c2cccnc2)ccc1OC(=O)c1ccc(F)cc1. The van der Waals surface area contributed by atoms with E-state index in [1.54, 1.807) is 43.5 Å². The van der Waals surface area contributed by atoms with Gasteiger partial charge in [0.2, 0.25) is 0 Å². The Balaban J connectivity index is 1.70. The summed E-state index contributed by atoms with van der Waals surface area (Å²) in [6.45, 7) is 2.14. The molecule has 0 aliphatic heterocycles. The van der Waals surface area contributed by atoms with E-state index in [1.165, 1.54) is 36.7 Å². The Morgan fingerprint density at radius 1 is 1.10 bits per heavy atom. The molecule has 3 aromatic rings. The van der Waals surface area contributed by atoms with E-state index in [1.807, 2.05) is 0 Å². The lowest BCUT2D eigenvalue weighted by Crippen LogP contribution is -2.17. The Bertz CT molecular complexity index is 1050. The highest BCUT2D eigenvalue weighted by Crippen LogP contribution is 2.29. The summed E-state index contributed by atoms with van der Waals surface area (Å²) < 4.78 is 23.9. The highest BCUT2D eigenvalue weighted by atomic mass is 19.1. The molecule has 1 N–H and O–H groups in total. The largest absolute Gasteiger partial charge is 0.490 e. The van der Waals surface area contributed by atoms with E-state index in [2.05, 4.69) is 15.5 Å². The van der Waals surface area contributed by atoms with Crippen LogP contribution < -0.4 is 14.9 Å². The molecule has 1 heterocycles. The fourth-order valence-electron chi connectivity index (χ4n) is 2.43. The molecule has 3 rings (SSSR count). The quantitative estimate of drug-likeness (QED) is 0.280. The fraction of sp³-hybridized carbons (Fsp3) is 0.0909. The molecule has 0 fully saturated rings. The van der Waals surface area contributed by atoms with Crippen LogP contribution in [0.1, 0.15) is 33.2 Å². The van der Waals surface area contributed by atoms with Crippen LogP contribution in [0.5, 0.6) is 11.5 Å². The number of hydrogen-bond donors (Lipinski definition) is 1. The minimum absolute atomic E-state index is 0.211. The average Bonchev–Trinajstić information content (AvgIpc) is 2.76.